The third-order valence-corrected chi connectivity index (χ3v) is 3.61. The molecule has 0 atom stereocenters. The summed E-state index contributed by atoms with van der Waals surface area (Å²) in [6.45, 7) is 0.788. The molecule has 0 unspecified atom stereocenters. The summed E-state index contributed by atoms with van der Waals surface area (Å²) in [4.78, 5) is 6.49. The lowest BCUT2D eigenvalue weighted by molar-refractivity contribution is 0.356. The number of nitrogens with one attached hydrogen (secondary N) is 1. The molecule has 0 saturated heterocycles. The zero-order valence-electron chi connectivity index (χ0n) is 12.0. The number of rotatable bonds is 4. The van der Waals surface area contributed by atoms with Crippen LogP contribution in [-0.4, -0.2) is 38.1 Å². The van der Waals surface area contributed by atoms with E-state index in [1.54, 1.807) is 7.11 Å². The van der Waals surface area contributed by atoms with Gasteiger partial charge in [-0.05, 0) is 25.3 Å². The maximum atomic E-state index is 5.39. The smallest absolute Gasteiger partial charge is 0.193 e. The number of guanidine groups is 1. The summed E-state index contributed by atoms with van der Waals surface area (Å²) in [5, 5.41) is 3.50. The van der Waals surface area contributed by atoms with Gasteiger partial charge in [-0.15, -0.1) is 0 Å². The Kier molecular flexibility index (Phi) is 4.66. The van der Waals surface area contributed by atoms with Crippen molar-refractivity contribution in [3.05, 3.63) is 29.8 Å². The summed E-state index contributed by atoms with van der Waals surface area (Å²) in [6.07, 6.45) is 3.83. The number of aliphatic imine (C=N–C) groups is 1. The van der Waals surface area contributed by atoms with Crippen molar-refractivity contribution in [3.8, 4) is 5.75 Å². The van der Waals surface area contributed by atoms with Crippen molar-refractivity contribution in [3.63, 3.8) is 0 Å². The molecule has 19 heavy (non-hydrogen) atoms. The van der Waals surface area contributed by atoms with Crippen LogP contribution in [0.25, 0.3) is 0 Å². The van der Waals surface area contributed by atoms with Crippen molar-refractivity contribution in [2.75, 3.05) is 21.2 Å². The molecule has 0 aliphatic heterocycles. The molecule has 1 fully saturated rings. The normalized spacial score (nSPS) is 15.8. The van der Waals surface area contributed by atoms with Crippen molar-refractivity contribution in [1.82, 2.24) is 10.2 Å². The van der Waals surface area contributed by atoms with Crippen molar-refractivity contribution in [2.24, 2.45) is 4.99 Å². The monoisotopic (exact) mass is 261 g/mol. The van der Waals surface area contributed by atoms with E-state index in [1.807, 2.05) is 25.2 Å². The molecule has 4 heteroatoms. The first kappa shape index (κ1) is 13.7. The minimum atomic E-state index is 0.596. The largest absolute Gasteiger partial charge is 0.496 e. The molecule has 1 N–H and O–H groups in total. The molecular formula is C15H23N3O. The Balaban J connectivity index is 1.99. The van der Waals surface area contributed by atoms with Crippen molar-refractivity contribution in [2.45, 2.75) is 31.8 Å². The molecule has 1 aliphatic rings. The number of ether oxygens (including phenoxy) is 1. The van der Waals surface area contributed by atoms with Gasteiger partial charge in [-0.25, -0.2) is 0 Å². The Hall–Kier alpha value is -1.71. The molecule has 1 aromatic carbocycles. The number of para-hydroxylation sites is 1. The maximum Gasteiger partial charge on any atom is 0.193 e. The van der Waals surface area contributed by atoms with Gasteiger partial charge in [0.05, 0.1) is 7.11 Å². The zero-order valence-corrected chi connectivity index (χ0v) is 12.0. The molecule has 1 aliphatic carbocycles. The van der Waals surface area contributed by atoms with E-state index in [0.29, 0.717) is 6.04 Å². The Labute approximate surface area is 115 Å². The average molecular weight is 261 g/mol. The second-order valence-corrected chi connectivity index (χ2v) is 4.99. The van der Waals surface area contributed by atoms with Gasteiger partial charge < -0.3 is 15.0 Å². The van der Waals surface area contributed by atoms with Crippen LogP contribution in [0.1, 0.15) is 24.8 Å². The van der Waals surface area contributed by atoms with Gasteiger partial charge in [0, 0.05) is 32.2 Å². The Morgan fingerprint density at radius 1 is 1.42 bits per heavy atom. The summed E-state index contributed by atoms with van der Waals surface area (Å²) in [5.74, 6) is 1.88. The Morgan fingerprint density at radius 2 is 2.16 bits per heavy atom. The molecule has 2 rings (SSSR count). The molecule has 0 bridgehead atoms. The summed E-state index contributed by atoms with van der Waals surface area (Å²) in [5.41, 5.74) is 1.17. The maximum absolute atomic E-state index is 5.39. The van der Waals surface area contributed by atoms with Crippen LogP contribution in [0.15, 0.2) is 29.3 Å². The highest BCUT2D eigenvalue weighted by Gasteiger charge is 2.20. The number of nitrogens with zero attached hydrogens (tertiary/aromatic N) is 2. The molecule has 104 valence electrons. The predicted molar refractivity (Wildman–Crippen MR) is 78.6 cm³/mol. The van der Waals surface area contributed by atoms with Crippen LogP contribution in [0.2, 0.25) is 0 Å². The van der Waals surface area contributed by atoms with E-state index in [-0.39, 0.29) is 0 Å². The van der Waals surface area contributed by atoms with Gasteiger partial charge in [0.2, 0.25) is 0 Å². The highest BCUT2D eigenvalue weighted by molar-refractivity contribution is 5.80. The fraction of sp³-hybridized carbons (Fsp3) is 0.533. The van der Waals surface area contributed by atoms with E-state index < -0.39 is 0 Å². The zero-order chi connectivity index (χ0) is 13.7. The molecule has 0 radical (unpaired) electrons. The molecule has 0 heterocycles. The van der Waals surface area contributed by atoms with E-state index in [1.165, 1.54) is 24.8 Å². The van der Waals surface area contributed by atoms with E-state index >= 15 is 0 Å². The van der Waals surface area contributed by atoms with Crippen LogP contribution in [0, 0.1) is 0 Å². The van der Waals surface area contributed by atoms with Gasteiger partial charge in [-0.2, -0.15) is 0 Å². The number of hydrogen-bond donors (Lipinski definition) is 1. The standard InChI is InChI=1S/C15H23N3O/c1-16-15(17-13-8-6-9-13)18(2)11-12-7-4-5-10-14(12)19-3/h4-5,7,10,13H,6,8-9,11H2,1-3H3,(H,16,17). The van der Waals surface area contributed by atoms with E-state index in [9.17, 15) is 0 Å². The van der Waals surface area contributed by atoms with Crippen molar-refractivity contribution in [1.29, 1.82) is 0 Å². The van der Waals surface area contributed by atoms with Gasteiger partial charge in [0.25, 0.3) is 0 Å². The van der Waals surface area contributed by atoms with Crippen LogP contribution >= 0.6 is 0 Å². The summed E-state index contributed by atoms with van der Waals surface area (Å²) in [7, 11) is 5.60. The average Bonchev–Trinajstić information content (AvgIpc) is 2.38. The van der Waals surface area contributed by atoms with Crippen LogP contribution in [-0.2, 0) is 6.54 Å². The summed E-state index contributed by atoms with van der Waals surface area (Å²) in [6, 6.07) is 8.70. The van der Waals surface area contributed by atoms with E-state index in [2.05, 4.69) is 28.3 Å². The topological polar surface area (TPSA) is 36.9 Å². The Bertz CT molecular complexity index is 441. The summed E-state index contributed by atoms with van der Waals surface area (Å²) >= 11 is 0. The first-order valence-electron chi connectivity index (χ1n) is 6.81. The van der Waals surface area contributed by atoms with Gasteiger partial charge in [-0.3, -0.25) is 4.99 Å². The van der Waals surface area contributed by atoms with Crippen LogP contribution in [0.4, 0.5) is 0 Å². The fourth-order valence-corrected chi connectivity index (χ4v) is 2.24. The fourth-order valence-electron chi connectivity index (χ4n) is 2.24. The predicted octanol–water partition coefficient (Wildman–Crippen LogP) is 2.25. The van der Waals surface area contributed by atoms with Gasteiger partial charge in [0.1, 0.15) is 5.75 Å². The Morgan fingerprint density at radius 3 is 2.74 bits per heavy atom. The molecule has 4 nitrogen and oxygen atoms in total. The van der Waals surface area contributed by atoms with Crippen LogP contribution in [0.3, 0.4) is 0 Å². The second kappa shape index (κ2) is 6.45. The highest BCUT2D eigenvalue weighted by atomic mass is 16.5. The first-order valence-corrected chi connectivity index (χ1v) is 6.81. The first-order chi connectivity index (χ1) is 9.24. The SMILES string of the molecule is CN=C(NC1CCC1)N(C)Cc1ccccc1OC. The van der Waals surface area contributed by atoms with Gasteiger partial charge in [-0.1, -0.05) is 18.2 Å². The molecule has 0 aromatic heterocycles. The van der Waals surface area contributed by atoms with Crippen LogP contribution in [0.5, 0.6) is 5.75 Å². The number of methoxy groups -OCH3 is 1. The molecule has 1 saturated carbocycles. The van der Waals surface area contributed by atoms with E-state index in [4.69, 9.17) is 4.74 Å². The second-order valence-electron chi connectivity index (χ2n) is 4.99. The quantitative estimate of drug-likeness (QED) is 0.667. The lowest BCUT2D eigenvalue weighted by Crippen LogP contribution is -2.46. The molecule has 0 spiro atoms. The highest BCUT2D eigenvalue weighted by Crippen LogP contribution is 2.20. The third kappa shape index (κ3) is 3.40. The van der Waals surface area contributed by atoms with Crippen molar-refractivity contribution < 1.29 is 4.74 Å². The number of hydrogen-bond acceptors (Lipinski definition) is 2. The lowest BCUT2D eigenvalue weighted by Gasteiger charge is -2.31. The van der Waals surface area contributed by atoms with Gasteiger partial charge >= 0.3 is 0 Å². The van der Waals surface area contributed by atoms with Crippen molar-refractivity contribution >= 4 is 5.96 Å². The molecular weight excluding hydrogens is 238 g/mol. The summed E-state index contributed by atoms with van der Waals surface area (Å²) < 4.78 is 5.39. The minimum Gasteiger partial charge on any atom is -0.496 e. The molecule has 1 aromatic rings. The molecule has 0 amide bonds. The minimum absolute atomic E-state index is 0.596. The van der Waals surface area contributed by atoms with Gasteiger partial charge in [0.15, 0.2) is 5.96 Å². The lowest BCUT2D eigenvalue weighted by atomic mass is 9.93. The number of benzene rings is 1. The third-order valence-electron chi connectivity index (χ3n) is 3.61. The van der Waals surface area contributed by atoms with E-state index in [0.717, 1.165) is 18.3 Å². The van der Waals surface area contributed by atoms with Crippen LogP contribution < -0.4 is 10.1 Å².